The molecule has 0 unspecified atom stereocenters. The molecule has 11 nitrogen and oxygen atoms in total. The fourth-order valence-corrected chi connectivity index (χ4v) is 8.43. The summed E-state index contributed by atoms with van der Waals surface area (Å²) in [6.07, 6.45) is 3.68. The number of carbonyl (C=O) groups is 1. The number of amides is 1. The number of halogens is 6. The summed E-state index contributed by atoms with van der Waals surface area (Å²) in [5, 5.41) is 16.5. The van der Waals surface area contributed by atoms with Gasteiger partial charge in [-0.05, 0) is 124 Å². The molecule has 0 aliphatic heterocycles. The highest BCUT2D eigenvalue weighted by atomic mass is 19.2. The minimum Gasteiger partial charge on any atom is -0.507 e. The van der Waals surface area contributed by atoms with Gasteiger partial charge >= 0.3 is 0 Å². The predicted molar refractivity (Wildman–Crippen MR) is 219 cm³/mol. The Labute approximate surface area is 358 Å². The molecule has 2 N–H and O–H groups in total. The van der Waals surface area contributed by atoms with Crippen molar-refractivity contribution in [2.45, 2.75) is 74.5 Å². The largest absolute Gasteiger partial charge is 0.507 e. The van der Waals surface area contributed by atoms with Gasteiger partial charge in [0.15, 0.2) is 0 Å². The number of nitrogens with two attached hydrogens (primary N) is 1. The maximum absolute atomic E-state index is 14.5. The van der Waals surface area contributed by atoms with Crippen LogP contribution in [0.2, 0.25) is 0 Å². The van der Waals surface area contributed by atoms with E-state index in [1.165, 1.54) is 69.1 Å². The normalized spacial score (nSPS) is 20.0. The topological polar surface area (TPSA) is 143 Å². The molecule has 4 aromatic heterocycles. The van der Waals surface area contributed by atoms with E-state index in [9.17, 15) is 31.1 Å². The third kappa shape index (κ3) is 9.02. The van der Waals surface area contributed by atoms with E-state index in [1.54, 1.807) is 24.3 Å². The summed E-state index contributed by atoms with van der Waals surface area (Å²) in [5.74, 6) is -2.76. The molecular weight excluding hydrogens is 827 g/mol. The molecule has 6 aromatic rings. The Hall–Kier alpha value is -6.96. The number of rotatable bonds is 13. The number of pyridine rings is 2. The highest BCUT2D eigenvalue weighted by Crippen LogP contribution is 2.50. The summed E-state index contributed by atoms with van der Waals surface area (Å²) in [6.45, 7) is 7.22. The molecule has 0 spiro atoms. The molecule has 8 rings (SSSR count). The number of hydrogen-bond acceptors (Lipinski definition) is 9. The van der Waals surface area contributed by atoms with E-state index in [2.05, 4.69) is 35.2 Å². The second kappa shape index (κ2) is 18.6. The molecule has 2 saturated carbocycles. The molecule has 2 aromatic carbocycles. The lowest BCUT2D eigenvalue weighted by molar-refractivity contribution is 0.0791. The van der Waals surface area contributed by atoms with Crippen molar-refractivity contribution in [3.8, 4) is 34.0 Å². The van der Waals surface area contributed by atoms with E-state index < -0.39 is 52.3 Å². The van der Waals surface area contributed by atoms with Crippen molar-refractivity contribution in [3.05, 3.63) is 148 Å². The number of carbonyl (C=O) groups excluding carboxylic acids is 1. The molecule has 1 amide bonds. The molecule has 4 heterocycles. The average molecular weight is 867 g/mol. The predicted octanol–water partition coefficient (Wildman–Crippen LogP) is 9.31. The molecule has 17 heteroatoms. The second-order valence-corrected chi connectivity index (χ2v) is 15.5. The maximum Gasteiger partial charge on any atom is 0.252 e. The zero-order valence-electron chi connectivity index (χ0n) is 34.1. The van der Waals surface area contributed by atoms with Crippen LogP contribution in [0.5, 0.6) is 11.5 Å². The smallest absolute Gasteiger partial charge is 0.252 e. The minimum atomic E-state index is -0.988. The number of primary amides is 1. The molecule has 2 aliphatic carbocycles. The first-order valence-corrected chi connectivity index (χ1v) is 19.9. The monoisotopic (exact) mass is 866 g/mol. The van der Waals surface area contributed by atoms with E-state index in [4.69, 9.17) is 21.8 Å². The zero-order chi connectivity index (χ0) is 44.9. The first-order valence-electron chi connectivity index (χ1n) is 19.9. The van der Waals surface area contributed by atoms with Crippen molar-refractivity contribution in [1.82, 2.24) is 30.4 Å². The van der Waals surface area contributed by atoms with Crippen LogP contribution in [0.1, 0.15) is 71.7 Å². The quantitative estimate of drug-likeness (QED) is 0.0888. The Morgan fingerprint density at radius 1 is 0.667 bits per heavy atom. The van der Waals surface area contributed by atoms with Gasteiger partial charge in [-0.15, -0.1) is 0 Å². The number of nitrogens with zero attached hydrogens (tertiary/aromatic N) is 7. The van der Waals surface area contributed by atoms with Gasteiger partial charge in [-0.3, -0.25) is 14.8 Å². The number of hydrogen-bond donors (Lipinski definition) is 1. The lowest BCUT2D eigenvalue weighted by atomic mass is 9.62. The van der Waals surface area contributed by atoms with Crippen LogP contribution in [0.4, 0.5) is 32.0 Å². The van der Waals surface area contributed by atoms with Crippen molar-refractivity contribution in [3.63, 3.8) is 0 Å². The summed E-state index contributed by atoms with van der Waals surface area (Å²) in [4.78, 5) is 23.3. The van der Waals surface area contributed by atoms with Crippen LogP contribution >= 0.6 is 0 Å². The third-order valence-electron chi connectivity index (χ3n) is 11.6. The minimum absolute atomic E-state index is 0.0193. The highest BCUT2D eigenvalue weighted by molar-refractivity contribution is 5.98. The van der Waals surface area contributed by atoms with Gasteiger partial charge in [-0.1, -0.05) is 0 Å². The van der Waals surface area contributed by atoms with Gasteiger partial charge in [0.05, 0.1) is 71.6 Å². The van der Waals surface area contributed by atoms with Gasteiger partial charge in [-0.2, -0.15) is 20.4 Å². The first kappa shape index (κ1) is 44.1. The van der Waals surface area contributed by atoms with Gasteiger partial charge in [0.2, 0.25) is 5.69 Å². The van der Waals surface area contributed by atoms with Crippen molar-refractivity contribution in [1.29, 1.82) is 0 Å². The SMILES string of the molecule is COc1c(C(N)=O)ccc(F)c1-c1ccc(CCC2(c3ncccc3F)CC(F)C2)nn1.[C-]#[N+]c1ccc(F)c(-c2ccc(CCC3(c4ncccc4F)CC(F)C3)nn2)c1OC. The van der Waals surface area contributed by atoms with E-state index in [0.29, 0.717) is 37.1 Å². The van der Waals surface area contributed by atoms with Gasteiger partial charge in [0.25, 0.3) is 5.91 Å². The highest BCUT2D eigenvalue weighted by Gasteiger charge is 2.49. The summed E-state index contributed by atoms with van der Waals surface area (Å²) in [6, 6.07) is 17.1. The third-order valence-corrected chi connectivity index (χ3v) is 11.6. The van der Waals surface area contributed by atoms with E-state index in [0.717, 1.165) is 6.07 Å². The van der Waals surface area contributed by atoms with Crippen LogP contribution in [0.25, 0.3) is 27.4 Å². The van der Waals surface area contributed by atoms with E-state index in [-0.39, 0.29) is 82.3 Å². The van der Waals surface area contributed by atoms with Gasteiger partial charge in [0, 0.05) is 23.2 Å². The van der Waals surface area contributed by atoms with Crippen LogP contribution in [0.15, 0.2) is 85.2 Å². The summed E-state index contributed by atoms with van der Waals surface area (Å²) < 4.78 is 95.4. The fraction of sp³-hybridized carbons (Fsp3) is 0.304. The first-order chi connectivity index (χ1) is 30.3. The molecule has 0 radical (unpaired) electrons. The summed E-state index contributed by atoms with van der Waals surface area (Å²) >= 11 is 0. The Morgan fingerprint density at radius 2 is 1.13 bits per heavy atom. The molecule has 2 aliphatic rings. The maximum atomic E-state index is 14.5. The molecule has 63 heavy (non-hydrogen) atoms. The number of methoxy groups -OCH3 is 2. The van der Waals surface area contributed by atoms with Crippen LogP contribution in [-0.4, -0.2) is 62.8 Å². The zero-order valence-corrected chi connectivity index (χ0v) is 34.1. The van der Waals surface area contributed by atoms with Crippen LogP contribution in [-0.2, 0) is 23.7 Å². The van der Waals surface area contributed by atoms with Crippen molar-refractivity contribution >= 4 is 11.6 Å². The fourth-order valence-electron chi connectivity index (χ4n) is 8.43. The van der Waals surface area contributed by atoms with Crippen molar-refractivity contribution < 1.29 is 40.6 Å². The van der Waals surface area contributed by atoms with Crippen LogP contribution in [0, 0.1) is 29.8 Å². The van der Waals surface area contributed by atoms with Gasteiger partial charge < -0.3 is 15.2 Å². The van der Waals surface area contributed by atoms with E-state index in [1.807, 2.05) is 0 Å². The summed E-state index contributed by atoms with van der Waals surface area (Å²) in [7, 11) is 2.67. The number of benzene rings is 2. The number of aryl methyl sites for hydroxylation is 2. The Bertz CT molecular complexity index is 2650. The van der Waals surface area contributed by atoms with Crippen molar-refractivity contribution in [2.75, 3.05) is 14.2 Å². The molecule has 0 atom stereocenters. The summed E-state index contributed by atoms with van der Waals surface area (Å²) in [5.41, 5.74) is 6.41. The van der Waals surface area contributed by atoms with Crippen LogP contribution < -0.4 is 15.2 Å². The standard InChI is InChI=1S/C23H21F3N4O2.C23H19F3N4O/c1-32-20-15(22(27)31)5-6-16(25)19(20)18-7-4-14(29-30-18)8-9-23(11-13(24)12-23)21-17(26)3-2-10-28-21;1-27-19-8-6-16(25)20(21(19)31-2)18-7-5-15(29-30-18)9-10-23(12-14(24)13-23)22-17(26)4-3-11-28-22/h2-7,10,13H,8-9,11-12H2,1H3,(H2,27,31);3-8,11,14H,9-10,12-13H2,2H3. The Balaban J connectivity index is 0.000000189. The van der Waals surface area contributed by atoms with Gasteiger partial charge in [0.1, 0.15) is 47.1 Å². The number of alkyl halides is 2. The second-order valence-electron chi connectivity index (χ2n) is 15.5. The molecule has 324 valence electrons. The van der Waals surface area contributed by atoms with Crippen molar-refractivity contribution in [2.24, 2.45) is 5.73 Å². The molecule has 2 fully saturated rings. The van der Waals surface area contributed by atoms with E-state index >= 15 is 0 Å². The number of aromatic nitrogens is 6. The molecular formula is C46H40F6N8O3. The van der Waals surface area contributed by atoms with Gasteiger partial charge in [-0.25, -0.2) is 31.2 Å². The Kier molecular flexibility index (Phi) is 13.0. The molecule has 0 saturated heterocycles. The average Bonchev–Trinajstić information content (AvgIpc) is 3.26. The Morgan fingerprint density at radius 3 is 1.51 bits per heavy atom. The lowest BCUT2D eigenvalue weighted by Crippen LogP contribution is -2.44. The van der Waals surface area contributed by atoms with Crippen LogP contribution in [0.3, 0.4) is 0 Å². The molecule has 0 bridgehead atoms. The number of ether oxygens (including phenoxy) is 2. The lowest BCUT2D eigenvalue weighted by Gasteiger charge is -2.44.